The number of hydrogen-bond acceptors (Lipinski definition) is 2. The average Bonchev–Trinajstić information content (AvgIpc) is 3.00. The smallest absolute Gasteiger partial charge is 0.342 e. The fourth-order valence-electron chi connectivity index (χ4n) is 3.86. The van der Waals surface area contributed by atoms with Gasteiger partial charge in [-0.15, -0.1) is 0 Å². The summed E-state index contributed by atoms with van der Waals surface area (Å²) >= 11 is 0. The van der Waals surface area contributed by atoms with Crippen LogP contribution in [-0.4, -0.2) is 47.4 Å². The van der Waals surface area contributed by atoms with Crippen molar-refractivity contribution in [1.29, 1.82) is 0 Å². The highest BCUT2D eigenvalue weighted by Crippen LogP contribution is 2.34. The van der Waals surface area contributed by atoms with E-state index in [1.807, 2.05) is 0 Å². The molecule has 2 aliphatic rings. The summed E-state index contributed by atoms with van der Waals surface area (Å²) in [5.74, 6) is -3.25. The summed E-state index contributed by atoms with van der Waals surface area (Å²) in [5.41, 5.74) is -0.558. The van der Waals surface area contributed by atoms with E-state index in [2.05, 4.69) is 0 Å². The topological polar surface area (TPSA) is 40.6 Å². The SMILES string of the molecule is O=C1C[C@H](C(=O)N2CCC[C@@H](C(F)(F)F)C2)CN1Cc1cccc(C(F)(F)F)c1. The number of piperidine rings is 1. The zero-order valence-electron chi connectivity index (χ0n) is 15.4. The van der Waals surface area contributed by atoms with Gasteiger partial charge in [0.25, 0.3) is 0 Å². The van der Waals surface area contributed by atoms with Crippen molar-refractivity contribution in [3.63, 3.8) is 0 Å². The van der Waals surface area contributed by atoms with Crippen molar-refractivity contribution < 1.29 is 35.9 Å². The van der Waals surface area contributed by atoms with Crippen molar-refractivity contribution in [2.24, 2.45) is 11.8 Å². The summed E-state index contributed by atoms with van der Waals surface area (Å²) < 4.78 is 77.4. The third kappa shape index (κ3) is 5.02. The lowest BCUT2D eigenvalue weighted by molar-refractivity contribution is -0.188. The molecule has 0 saturated carbocycles. The normalized spacial score (nSPS) is 23.6. The first-order valence-corrected chi connectivity index (χ1v) is 9.24. The Bertz CT molecular complexity index is 777. The fourth-order valence-corrected chi connectivity index (χ4v) is 3.86. The maximum Gasteiger partial charge on any atom is 0.416 e. The van der Waals surface area contributed by atoms with Crippen LogP contribution < -0.4 is 0 Å². The first-order valence-electron chi connectivity index (χ1n) is 9.24. The van der Waals surface area contributed by atoms with E-state index >= 15 is 0 Å². The number of benzene rings is 1. The molecular weight excluding hydrogens is 402 g/mol. The van der Waals surface area contributed by atoms with E-state index in [1.54, 1.807) is 0 Å². The third-order valence-electron chi connectivity index (χ3n) is 5.39. The summed E-state index contributed by atoms with van der Waals surface area (Å²) in [6, 6.07) is 4.57. The van der Waals surface area contributed by atoms with Gasteiger partial charge >= 0.3 is 12.4 Å². The molecule has 10 heteroatoms. The Morgan fingerprint density at radius 2 is 1.83 bits per heavy atom. The molecule has 1 aromatic carbocycles. The zero-order valence-corrected chi connectivity index (χ0v) is 15.4. The largest absolute Gasteiger partial charge is 0.416 e. The first-order chi connectivity index (χ1) is 13.4. The minimum atomic E-state index is -4.51. The Balaban J connectivity index is 1.64. The lowest BCUT2D eigenvalue weighted by atomic mass is 9.96. The van der Waals surface area contributed by atoms with Crippen molar-refractivity contribution in [2.45, 2.75) is 38.2 Å². The van der Waals surface area contributed by atoms with Crippen LogP contribution in [0.4, 0.5) is 26.3 Å². The number of carbonyl (C=O) groups excluding carboxylic acids is 2. The second-order valence-electron chi connectivity index (χ2n) is 7.54. The van der Waals surface area contributed by atoms with Gasteiger partial charge in [-0.05, 0) is 30.5 Å². The van der Waals surface area contributed by atoms with E-state index in [9.17, 15) is 35.9 Å². The van der Waals surface area contributed by atoms with Crippen LogP contribution in [0.25, 0.3) is 0 Å². The summed E-state index contributed by atoms with van der Waals surface area (Å²) in [6.07, 6.45) is -8.82. The van der Waals surface area contributed by atoms with Crippen LogP contribution in [0.3, 0.4) is 0 Å². The molecule has 0 spiro atoms. The van der Waals surface area contributed by atoms with Crippen LogP contribution in [0.1, 0.15) is 30.4 Å². The predicted molar refractivity (Wildman–Crippen MR) is 90.3 cm³/mol. The Kier molecular flexibility index (Phi) is 5.82. The van der Waals surface area contributed by atoms with Crippen LogP contribution in [0.5, 0.6) is 0 Å². The molecule has 2 atom stereocenters. The molecule has 2 saturated heterocycles. The highest BCUT2D eigenvalue weighted by Gasteiger charge is 2.44. The van der Waals surface area contributed by atoms with Crippen LogP contribution in [0.15, 0.2) is 24.3 Å². The first kappa shape index (κ1) is 21.4. The van der Waals surface area contributed by atoms with Crippen LogP contribution in [0, 0.1) is 11.8 Å². The van der Waals surface area contributed by atoms with Gasteiger partial charge in [-0.25, -0.2) is 0 Å². The van der Waals surface area contributed by atoms with Gasteiger partial charge in [-0.3, -0.25) is 9.59 Å². The number of amides is 2. The van der Waals surface area contributed by atoms with Crippen molar-refractivity contribution in [3.8, 4) is 0 Å². The van der Waals surface area contributed by atoms with E-state index in [0.29, 0.717) is 0 Å². The highest BCUT2D eigenvalue weighted by molar-refractivity contribution is 5.89. The molecular formula is C19H20F6N2O2. The van der Waals surface area contributed by atoms with Crippen LogP contribution >= 0.6 is 0 Å². The van der Waals surface area contributed by atoms with E-state index in [4.69, 9.17) is 0 Å². The Labute approximate surface area is 163 Å². The number of hydrogen-bond donors (Lipinski definition) is 0. The molecule has 160 valence electrons. The number of likely N-dealkylation sites (tertiary alicyclic amines) is 2. The maximum absolute atomic E-state index is 13.0. The summed E-state index contributed by atoms with van der Waals surface area (Å²) in [7, 11) is 0. The summed E-state index contributed by atoms with van der Waals surface area (Å²) in [6.45, 7) is -0.302. The Morgan fingerprint density at radius 3 is 2.48 bits per heavy atom. The molecule has 1 aromatic rings. The molecule has 29 heavy (non-hydrogen) atoms. The number of alkyl halides is 6. The predicted octanol–water partition coefficient (Wildman–Crippen LogP) is 3.85. The van der Waals surface area contributed by atoms with Gasteiger partial charge in [0.2, 0.25) is 11.8 Å². The monoisotopic (exact) mass is 422 g/mol. The molecule has 0 aromatic heterocycles. The van der Waals surface area contributed by atoms with Crippen molar-refractivity contribution in [2.75, 3.05) is 19.6 Å². The quantitative estimate of drug-likeness (QED) is 0.695. The van der Waals surface area contributed by atoms with E-state index in [1.165, 1.54) is 17.0 Å². The molecule has 3 rings (SSSR count). The highest BCUT2D eigenvalue weighted by atomic mass is 19.4. The second kappa shape index (κ2) is 7.87. The van der Waals surface area contributed by atoms with Gasteiger partial charge in [0.1, 0.15) is 0 Å². The molecule has 0 unspecified atom stereocenters. The summed E-state index contributed by atoms with van der Waals surface area (Å²) in [4.78, 5) is 27.3. The van der Waals surface area contributed by atoms with Gasteiger partial charge in [0.15, 0.2) is 0 Å². The molecule has 2 amide bonds. The number of rotatable bonds is 3. The molecule has 0 aliphatic carbocycles. The summed E-state index contributed by atoms with van der Waals surface area (Å²) in [5, 5.41) is 0. The number of halogens is 6. The molecule has 0 N–H and O–H groups in total. The fraction of sp³-hybridized carbons (Fsp3) is 0.579. The lowest BCUT2D eigenvalue weighted by Crippen LogP contribution is -2.47. The van der Waals surface area contributed by atoms with Crippen LogP contribution in [-0.2, 0) is 22.3 Å². The Hall–Kier alpha value is -2.26. The standard InChI is InChI=1S/C19H20F6N2O2/c20-18(21,22)14-4-1-3-12(7-14)9-27-10-13(8-16(27)28)17(29)26-6-2-5-15(11-26)19(23,24)25/h1,3-4,7,13,15H,2,5-6,8-11H2/t13-,15+/m0/s1. The second-order valence-corrected chi connectivity index (χ2v) is 7.54. The molecule has 4 nitrogen and oxygen atoms in total. The lowest BCUT2D eigenvalue weighted by Gasteiger charge is -2.35. The van der Waals surface area contributed by atoms with Gasteiger partial charge in [-0.2, -0.15) is 26.3 Å². The van der Waals surface area contributed by atoms with Gasteiger partial charge in [-0.1, -0.05) is 12.1 Å². The minimum Gasteiger partial charge on any atom is -0.342 e. The van der Waals surface area contributed by atoms with Crippen molar-refractivity contribution in [3.05, 3.63) is 35.4 Å². The van der Waals surface area contributed by atoms with Gasteiger partial charge in [0.05, 0.1) is 17.4 Å². The van der Waals surface area contributed by atoms with Gasteiger partial charge < -0.3 is 9.80 Å². The third-order valence-corrected chi connectivity index (χ3v) is 5.39. The maximum atomic E-state index is 13.0. The van der Waals surface area contributed by atoms with Crippen molar-refractivity contribution in [1.82, 2.24) is 9.80 Å². The molecule has 2 fully saturated rings. The van der Waals surface area contributed by atoms with E-state index in [-0.39, 0.29) is 44.5 Å². The molecule has 0 radical (unpaired) electrons. The molecule has 2 aliphatic heterocycles. The van der Waals surface area contributed by atoms with Gasteiger partial charge in [0, 0.05) is 32.6 Å². The number of carbonyl (C=O) groups is 2. The Morgan fingerprint density at radius 1 is 1.10 bits per heavy atom. The minimum absolute atomic E-state index is 0.0128. The molecule has 2 heterocycles. The number of nitrogens with zero attached hydrogens (tertiary/aromatic N) is 2. The van der Waals surface area contributed by atoms with E-state index < -0.39 is 48.1 Å². The van der Waals surface area contributed by atoms with Crippen molar-refractivity contribution >= 4 is 11.8 Å². The average molecular weight is 422 g/mol. The zero-order chi connectivity index (χ0) is 21.4. The van der Waals surface area contributed by atoms with Crippen LogP contribution in [0.2, 0.25) is 0 Å². The molecule has 0 bridgehead atoms. The van der Waals surface area contributed by atoms with E-state index in [0.717, 1.165) is 17.0 Å².